The van der Waals surface area contributed by atoms with Gasteiger partial charge in [-0.1, -0.05) is 36.4 Å². The van der Waals surface area contributed by atoms with Crippen LogP contribution in [-0.2, 0) is 20.7 Å². The summed E-state index contributed by atoms with van der Waals surface area (Å²) < 4.78 is 18.5. The Morgan fingerprint density at radius 3 is 2.21 bits per heavy atom. The zero-order chi connectivity index (χ0) is 20.6. The number of rotatable bonds is 5. The average molecular weight is 399 g/mol. The summed E-state index contributed by atoms with van der Waals surface area (Å²) in [7, 11) is 0. The summed E-state index contributed by atoms with van der Waals surface area (Å²) in [5.74, 6) is -1.49. The Kier molecular flexibility index (Phi) is 6.78. The minimum Gasteiger partial charge on any atom is -0.455 e. The van der Waals surface area contributed by atoms with Crippen LogP contribution in [0.5, 0.6) is 0 Å². The van der Waals surface area contributed by atoms with Crippen LogP contribution in [0.15, 0.2) is 54.6 Å². The molecule has 2 aromatic carbocycles. The SMILES string of the molecule is O=C(Cc1ccccc1F)OCC(=O)N1CCN(C(=O)Nc2ccccc2)CC1. The number of urea groups is 1. The Morgan fingerprint density at radius 2 is 1.52 bits per heavy atom. The monoisotopic (exact) mass is 399 g/mol. The molecule has 7 nitrogen and oxygen atoms in total. The van der Waals surface area contributed by atoms with Crippen molar-refractivity contribution in [2.75, 3.05) is 38.1 Å². The van der Waals surface area contributed by atoms with E-state index in [1.807, 2.05) is 18.2 Å². The van der Waals surface area contributed by atoms with E-state index >= 15 is 0 Å². The third-order valence-corrected chi connectivity index (χ3v) is 4.59. The van der Waals surface area contributed by atoms with E-state index < -0.39 is 18.4 Å². The van der Waals surface area contributed by atoms with Crippen LogP contribution in [0.1, 0.15) is 5.56 Å². The van der Waals surface area contributed by atoms with Crippen molar-refractivity contribution in [2.24, 2.45) is 0 Å². The Balaban J connectivity index is 1.40. The van der Waals surface area contributed by atoms with E-state index in [2.05, 4.69) is 5.32 Å². The average Bonchev–Trinajstić information content (AvgIpc) is 2.74. The zero-order valence-electron chi connectivity index (χ0n) is 15.8. The number of carbonyl (C=O) groups excluding carboxylic acids is 3. The van der Waals surface area contributed by atoms with E-state index in [9.17, 15) is 18.8 Å². The summed E-state index contributed by atoms with van der Waals surface area (Å²) >= 11 is 0. The van der Waals surface area contributed by atoms with Crippen molar-refractivity contribution in [1.82, 2.24) is 9.80 Å². The van der Waals surface area contributed by atoms with Crippen LogP contribution in [0.4, 0.5) is 14.9 Å². The van der Waals surface area contributed by atoms with Crippen LogP contribution < -0.4 is 5.32 Å². The van der Waals surface area contributed by atoms with Crippen molar-refractivity contribution in [2.45, 2.75) is 6.42 Å². The lowest BCUT2D eigenvalue weighted by molar-refractivity contribution is -0.152. The zero-order valence-corrected chi connectivity index (χ0v) is 15.8. The molecule has 3 amide bonds. The molecule has 0 radical (unpaired) electrons. The van der Waals surface area contributed by atoms with E-state index in [0.717, 1.165) is 0 Å². The maximum absolute atomic E-state index is 13.6. The molecule has 1 aliphatic heterocycles. The van der Waals surface area contributed by atoms with Gasteiger partial charge in [0, 0.05) is 31.9 Å². The number of anilines is 1. The molecule has 1 heterocycles. The number of nitrogens with zero attached hydrogens (tertiary/aromatic N) is 2. The van der Waals surface area contributed by atoms with Gasteiger partial charge in [-0.05, 0) is 23.8 Å². The molecule has 1 N–H and O–H groups in total. The first-order valence-electron chi connectivity index (χ1n) is 9.30. The molecule has 0 bridgehead atoms. The Morgan fingerprint density at radius 1 is 0.897 bits per heavy atom. The van der Waals surface area contributed by atoms with Gasteiger partial charge in [-0.3, -0.25) is 9.59 Å². The Hall–Kier alpha value is -3.42. The quantitative estimate of drug-likeness (QED) is 0.783. The Labute approximate surface area is 168 Å². The maximum atomic E-state index is 13.6. The fourth-order valence-corrected chi connectivity index (χ4v) is 2.96. The predicted molar refractivity (Wildman–Crippen MR) is 105 cm³/mol. The minimum absolute atomic E-state index is 0.223. The number of halogens is 1. The molecule has 2 aromatic rings. The lowest BCUT2D eigenvalue weighted by Crippen LogP contribution is -2.52. The fourth-order valence-electron chi connectivity index (χ4n) is 2.96. The molecule has 0 saturated carbocycles. The summed E-state index contributed by atoms with van der Waals surface area (Å²) in [6.45, 7) is 1.07. The molecule has 0 aromatic heterocycles. The first-order valence-corrected chi connectivity index (χ1v) is 9.30. The van der Waals surface area contributed by atoms with Crippen LogP contribution in [0.3, 0.4) is 0 Å². The molecule has 0 aliphatic carbocycles. The van der Waals surface area contributed by atoms with Gasteiger partial charge in [0.1, 0.15) is 5.82 Å². The largest absolute Gasteiger partial charge is 0.455 e. The molecular formula is C21H22FN3O4. The van der Waals surface area contributed by atoms with Gasteiger partial charge in [-0.2, -0.15) is 0 Å². The van der Waals surface area contributed by atoms with E-state index in [1.54, 1.807) is 28.0 Å². The second kappa shape index (κ2) is 9.68. The van der Waals surface area contributed by atoms with Crippen molar-refractivity contribution < 1.29 is 23.5 Å². The number of hydrogen-bond donors (Lipinski definition) is 1. The van der Waals surface area contributed by atoms with E-state index in [-0.39, 0.29) is 23.9 Å². The number of para-hydroxylation sites is 1. The number of nitrogens with one attached hydrogen (secondary N) is 1. The molecular weight excluding hydrogens is 377 g/mol. The number of hydrogen-bond acceptors (Lipinski definition) is 4. The van der Waals surface area contributed by atoms with Gasteiger partial charge in [0.05, 0.1) is 6.42 Å². The van der Waals surface area contributed by atoms with Crippen molar-refractivity contribution in [1.29, 1.82) is 0 Å². The summed E-state index contributed by atoms with van der Waals surface area (Å²) in [4.78, 5) is 39.5. The second-order valence-electron chi connectivity index (χ2n) is 6.59. The molecule has 0 spiro atoms. The van der Waals surface area contributed by atoms with Gasteiger partial charge in [0.25, 0.3) is 5.91 Å². The molecule has 29 heavy (non-hydrogen) atoms. The topological polar surface area (TPSA) is 79.0 Å². The molecule has 0 unspecified atom stereocenters. The summed E-state index contributed by atoms with van der Waals surface area (Å²) in [5.41, 5.74) is 0.931. The van der Waals surface area contributed by atoms with E-state index in [0.29, 0.717) is 31.9 Å². The van der Waals surface area contributed by atoms with Crippen LogP contribution >= 0.6 is 0 Å². The van der Waals surface area contributed by atoms with Crippen LogP contribution in [0.25, 0.3) is 0 Å². The third-order valence-electron chi connectivity index (χ3n) is 4.59. The van der Waals surface area contributed by atoms with Gasteiger partial charge in [0.2, 0.25) is 0 Å². The lowest BCUT2D eigenvalue weighted by atomic mass is 10.1. The molecule has 1 saturated heterocycles. The highest BCUT2D eigenvalue weighted by atomic mass is 19.1. The first-order chi connectivity index (χ1) is 14.0. The fraction of sp³-hybridized carbons (Fsp3) is 0.286. The number of esters is 1. The Bertz CT molecular complexity index is 867. The number of benzene rings is 2. The first kappa shape index (κ1) is 20.3. The number of piperazine rings is 1. The molecule has 152 valence electrons. The molecule has 1 fully saturated rings. The highest BCUT2D eigenvalue weighted by Crippen LogP contribution is 2.10. The smallest absolute Gasteiger partial charge is 0.321 e. The number of amides is 3. The molecule has 8 heteroatoms. The highest BCUT2D eigenvalue weighted by molar-refractivity contribution is 5.89. The van der Waals surface area contributed by atoms with Crippen molar-refractivity contribution in [3.8, 4) is 0 Å². The van der Waals surface area contributed by atoms with Crippen LogP contribution in [0.2, 0.25) is 0 Å². The highest BCUT2D eigenvalue weighted by Gasteiger charge is 2.25. The molecule has 0 atom stereocenters. The van der Waals surface area contributed by atoms with Crippen molar-refractivity contribution >= 4 is 23.6 Å². The maximum Gasteiger partial charge on any atom is 0.321 e. The van der Waals surface area contributed by atoms with Gasteiger partial charge in [-0.25, -0.2) is 9.18 Å². The van der Waals surface area contributed by atoms with Crippen molar-refractivity contribution in [3.63, 3.8) is 0 Å². The summed E-state index contributed by atoms with van der Waals surface area (Å²) in [5, 5.41) is 2.81. The lowest BCUT2D eigenvalue weighted by Gasteiger charge is -2.34. The second-order valence-corrected chi connectivity index (χ2v) is 6.59. The molecule has 3 rings (SSSR count). The third kappa shape index (κ3) is 5.78. The van der Waals surface area contributed by atoms with Crippen molar-refractivity contribution in [3.05, 3.63) is 66.0 Å². The van der Waals surface area contributed by atoms with E-state index in [1.165, 1.54) is 18.2 Å². The van der Waals surface area contributed by atoms with Crippen LogP contribution in [0, 0.1) is 5.82 Å². The summed E-state index contributed by atoms with van der Waals surface area (Å²) in [6.07, 6.45) is -0.229. The van der Waals surface area contributed by atoms with Crippen LogP contribution in [-0.4, -0.2) is 60.5 Å². The summed E-state index contributed by atoms with van der Waals surface area (Å²) in [6, 6.07) is 14.8. The molecule has 1 aliphatic rings. The minimum atomic E-state index is -0.663. The van der Waals surface area contributed by atoms with Gasteiger partial charge < -0.3 is 19.9 Å². The van der Waals surface area contributed by atoms with Gasteiger partial charge in [0.15, 0.2) is 6.61 Å². The van der Waals surface area contributed by atoms with E-state index in [4.69, 9.17) is 4.74 Å². The number of carbonyl (C=O) groups is 3. The predicted octanol–water partition coefficient (Wildman–Crippen LogP) is 2.29. The standard InChI is InChI=1S/C21H22FN3O4/c22-18-9-5-4-6-16(18)14-20(27)29-15-19(26)24-10-12-25(13-11-24)21(28)23-17-7-2-1-3-8-17/h1-9H,10-15H2,(H,23,28). The normalized spacial score (nSPS) is 13.7. The van der Waals surface area contributed by atoms with Gasteiger partial charge >= 0.3 is 12.0 Å². The van der Waals surface area contributed by atoms with Gasteiger partial charge in [-0.15, -0.1) is 0 Å². The number of ether oxygens (including phenoxy) is 1.